The number of piperazine rings is 1. The van der Waals surface area contributed by atoms with Crippen LogP contribution >= 0.6 is 0 Å². The molecule has 180 valence electrons. The molecule has 9 nitrogen and oxygen atoms in total. The van der Waals surface area contributed by atoms with Crippen molar-refractivity contribution in [2.45, 2.75) is 24.8 Å². The van der Waals surface area contributed by atoms with E-state index in [9.17, 15) is 21.6 Å². The van der Waals surface area contributed by atoms with Crippen molar-refractivity contribution in [2.75, 3.05) is 43.8 Å². The highest BCUT2D eigenvalue weighted by Gasteiger charge is 2.32. The summed E-state index contributed by atoms with van der Waals surface area (Å²) in [5.41, 5.74) is 1.46. The van der Waals surface area contributed by atoms with Gasteiger partial charge in [-0.1, -0.05) is 17.7 Å². The van der Waals surface area contributed by atoms with Crippen molar-refractivity contribution in [1.29, 1.82) is 0 Å². The summed E-state index contributed by atoms with van der Waals surface area (Å²) in [5, 5.41) is 0. The van der Waals surface area contributed by atoms with Crippen LogP contribution in [0.15, 0.2) is 53.4 Å². The molecule has 0 aliphatic carbocycles. The number of hydrogen-bond acceptors (Lipinski definition) is 6. The van der Waals surface area contributed by atoms with Gasteiger partial charge in [-0.15, -0.1) is 0 Å². The SMILES string of the molecule is Cc1ccc(S(=O)(=O)N2CCN(C(=O)[C@@H](C)Oc3ccc(N(C)S(C)(=O)=O)cc3)CC2)cc1. The Labute approximate surface area is 195 Å². The van der Waals surface area contributed by atoms with E-state index in [-0.39, 0.29) is 37.0 Å². The van der Waals surface area contributed by atoms with E-state index in [0.717, 1.165) is 16.1 Å². The van der Waals surface area contributed by atoms with Crippen molar-refractivity contribution in [1.82, 2.24) is 9.21 Å². The maximum atomic E-state index is 12.8. The quantitative estimate of drug-likeness (QED) is 0.579. The number of anilines is 1. The van der Waals surface area contributed by atoms with E-state index < -0.39 is 26.2 Å². The minimum Gasteiger partial charge on any atom is -0.481 e. The zero-order valence-corrected chi connectivity index (χ0v) is 20.8. The third-order valence-corrected chi connectivity index (χ3v) is 8.69. The van der Waals surface area contributed by atoms with E-state index in [0.29, 0.717) is 11.4 Å². The molecule has 3 rings (SSSR count). The normalized spacial score (nSPS) is 16.3. The molecule has 0 aromatic heterocycles. The summed E-state index contributed by atoms with van der Waals surface area (Å²) in [4.78, 5) is 14.7. The van der Waals surface area contributed by atoms with Gasteiger partial charge in [0.05, 0.1) is 16.8 Å². The van der Waals surface area contributed by atoms with Crippen LogP contribution in [-0.2, 0) is 24.8 Å². The molecule has 2 aromatic rings. The molecule has 0 bridgehead atoms. The van der Waals surface area contributed by atoms with Gasteiger partial charge in [-0.3, -0.25) is 9.10 Å². The van der Waals surface area contributed by atoms with Gasteiger partial charge < -0.3 is 9.64 Å². The molecule has 1 fully saturated rings. The first-order chi connectivity index (χ1) is 15.4. The number of rotatable bonds is 7. The zero-order chi connectivity index (χ0) is 24.4. The molecule has 1 saturated heterocycles. The van der Waals surface area contributed by atoms with Crippen LogP contribution in [-0.4, -0.2) is 77.5 Å². The Kier molecular flexibility index (Phi) is 7.35. The molecular weight excluding hydrogens is 466 g/mol. The highest BCUT2D eigenvalue weighted by molar-refractivity contribution is 7.92. The van der Waals surface area contributed by atoms with Crippen molar-refractivity contribution in [2.24, 2.45) is 0 Å². The van der Waals surface area contributed by atoms with Gasteiger partial charge in [-0.25, -0.2) is 16.8 Å². The molecule has 1 amide bonds. The number of sulfonamides is 2. The van der Waals surface area contributed by atoms with Crippen molar-refractivity contribution in [3.05, 3.63) is 54.1 Å². The largest absolute Gasteiger partial charge is 0.481 e. The Balaban J connectivity index is 1.57. The molecule has 2 aromatic carbocycles. The lowest BCUT2D eigenvalue weighted by molar-refractivity contribution is -0.139. The van der Waals surface area contributed by atoms with E-state index in [1.54, 1.807) is 60.4 Å². The fourth-order valence-electron chi connectivity index (χ4n) is 3.45. The van der Waals surface area contributed by atoms with Crippen molar-refractivity contribution in [3.8, 4) is 5.75 Å². The molecule has 0 radical (unpaired) electrons. The van der Waals surface area contributed by atoms with Gasteiger partial charge in [0.15, 0.2) is 6.10 Å². The lowest BCUT2D eigenvalue weighted by Crippen LogP contribution is -2.53. The second-order valence-electron chi connectivity index (χ2n) is 8.03. The maximum absolute atomic E-state index is 12.8. The maximum Gasteiger partial charge on any atom is 0.263 e. The summed E-state index contributed by atoms with van der Waals surface area (Å²) in [5.74, 6) is 0.196. The van der Waals surface area contributed by atoms with Gasteiger partial charge in [0.2, 0.25) is 20.0 Å². The highest BCUT2D eigenvalue weighted by atomic mass is 32.2. The lowest BCUT2D eigenvalue weighted by Gasteiger charge is -2.35. The van der Waals surface area contributed by atoms with Crippen LogP contribution < -0.4 is 9.04 Å². The number of hydrogen-bond donors (Lipinski definition) is 0. The molecule has 1 atom stereocenters. The molecule has 0 N–H and O–H groups in total. The fraction of sp³-hybridized carbons (Fsp3) is 0.409. The fourth-order valence-corrected chi connectivity index (χ4v) is 5.37. The van der Waals surface area contributed by atoms with Crippen LogP contribution in [0.4, 0.5) is 5.69 Å². The summed E-state index contributed by atoms with van der Waals surface area (Å²) in [7, 11) is -5.52. The number of ether oxygens (including phenoxy) is 1. The van der Waals surface area contributed by atoms with Crippen molar-refractivity contribution < 1.29 is 26.4 Å². The van der Waals surface area contributed by atoms with Crippen LogP contribution in [0.2, 0.25) is 0 Å². The third kappa shape index (κ3) is 5.84. The smallest absolute Gasteiger partial charge is 0.263 e. The van der Waals surface area contributed by atoms with E-state index in [1.165, 1.54) is 11.4 Å². The summed E-state index contributed by atoms with van der Waals surface area (Å²) >= 11 is 0. The topological polar surface area (TPSA) is 104 Å². The van der Waals surface area contributed by atoms with Crippen LogP contribution in [0.25, 0.3) is 0 Å². The molecule has 1 aliphatic rings. The molecule has 0 saturated carbocycles. The number of aryl methyl sites for hydroxylation is 1. The minimum absolute atomic E-state index is 0.210. The monoisotopic (exact) mass is 495 g/mol. The second-order valence-corrected chi connectivity index (χ2v) is 12.0. The Bertz CT molecular complexity index is 1190. The molecule has 0 unspecified atom stereocenters. The predicted octanol–water partition coefficient (Wildman–Crippen LogP) is 1.69. The average Bonchev–Trinajstić information content (AvgIpc) is 2.78. The first-order valence-corrected chi connectivity index (χ1v) is 13.7. The number of amides is 1. The van der Waals surface area contributed by atoms with Crippen LogP contribution in [0.1, 0.15) is 12.5 Å². The number of benzene rings is 2. The van der Waals surface area contributed by atoms with Crippen LogP contribution in [0.5, 0.6) is 5.75 Å². The van der Waals surface area contributed by atoms with Gasteiger partial charge >= 0.3 is 0 Å². The second kappa shape index (κ2) is 9.70. The number of nitrogens with zero attached hydrogens (tertiary/aromatic N) is 3. The lowest BCUT2D eigenvalue weighted by atomic mass is 10.2. The zero-order valence-electron chi connectivity index (χ0n) is 19.1. The predicted molar refractivity (Wildman–Crippen MR) is 126 cm³/mol. The van der Waals surface area contributed by atoms with Gasteiger partial charge in [0.25, 0.3) is 5.91 Å². The van der Waals surface area contributed by atoms with Gasteiger partial charge in [-0.2, -0.15) is 4.31 Å². The Morgan fingerprint density at radius 2 is 1.48 bits per heavy atom. The molecule has 1 aliphatic heterocycles. The van der Waals surface area contributed by atoms with E-state index >= 15 is 0 Å². The van der Waals surface area contributed by atoms with Gasteiger partial charge in [0, 0.05) is 33.2 Å². The van der Waals surface area contributed by atoms with Gasteiger partial charge in [-0.05, 0) is 50.2 Å². The minimum atomic E-state index is -3.60. The Morgan fingerprint density at radius 1 is 0.939 bits per heavy atom. The number of carbonyl (C=O) groups is 1. The third-order valence-electron chi connectivity index (χ3n) is 5.57. The molecule has 11 heteroatoms. The van der Waals surface area contributed by atoms with Crippen LogP contribution in [0.3, 0.4) is 0 Å². The molecule has 0 spiro atoms. The molecule has 33 heavy (non-hydrogen) atoms. The Morgan fingerprint density at radius 3 is 2.00 bits per heavy atom. The van der Waals surface area contributed by atoms with Crippen molar-refractivity contribution in [3.63, 3.8) is 0 Å². The van der Waals surface area contributed by atoms with Crippen molar-refractivity contribution >= 4 is 31.6 Å². The van der Waals surface area contributed by atoms with E-state index in [2.05, 4.69) is 0 Å². The van der Waals surface area contributed by atoms with E-state index in [1.807, 2.05) is 6.92 Å². The first-order valence-electron chi connectivity index (χ1n) is 10.5. The summed E-state index contributed by atoms with van der Waals surface area (Å²) in [6, 6.07) is 13.1. The summed E-state index contributed by atoms with van der Waals surface area (Å²) < 4.78 is 57.2. The van der Waals surface area contributed by atoms with E-state index in [4.69, 9.17) is 4.74 Å². The summed E-state index contributed by atoms with van der Waals surface area (Å²) in [6.07, 6.45) is 0.341. The Hall–Kier alpha value is -2.63. The highest BCUT2D eigenvalue weighted by Crippen LogP contribution is 2.22. The molecule has 1 heterocycles. The summed E-state index contributed by atoms with van der Waals surface area (Å²) in [6.45, 7) is 4.49. The first kappa shape index (κ1) is 25.0. The number of carbonyl (C=O) groups excluding carboxylic acids is 1. The standard InChI is InChI=1S/C22H29N3O6S2/c1-17-5-11-21(12-6-17)33(29,30)25-15-13-24(14-16-25)22(26)18(2)31-20-9-7-19(8-10-20)23(3)32(4,27)28/h5-12,18H,13-16H2,1-4H3/t18-/m1/s1. The van der Waals surface area contributed by atoms with Gasteiger partial charge in [0.1, 0.15) is 5.75 Å². The average molecular weight is 496 g/mol. The molecular formula is C22H29N3O6S2. The van der Waals surface area contributed by atoms with Crippen LogP contribution in [0, 0.1) is 6.92 Å².